The second-order valence-corrected chi connectivity index (χ2v) is 7.69. The first-order valence-corrected chi connectivity index (χ1v) is 10.6. The maximum absolute atomic E-state index is 13.8. The van der Waals surface area contributed by atoms with Crippen molar-refractivity contribution in [2.75, 3.05) is 19.0 Å². The summed E-state index contributed by atoms with van der Waals surface area (Å²) in [6.07, 6.45) is -1.91. The quantitative estimate of drug-likeness (QED) is 0.421. The maximum Gasteiger partial charge on any atom is 0.412 e. The minimum absolute atomic E-state index is 0.00631. The summed E-state index contributed by atoms with van der Waals surface area (Å²) in [7, 11) is 1.41. The Bertz CT molecular complexity index is 1140. The van der Waals surface area contributed by atoms with Crippen LogP contribution in [0.5, 0.6) is 0 Å². The third-order valence-corrected chi connectivity index (χ3v) is 5.08. The molecular weight excluding hydrogens is 462 g/mol. The van der Waals surface area contributed by atoms with Gasteiger partial charge in [-0.05, 0) is 19.4 Å². The van der Waals surface area contributed by atoms with Gasteiger partial charge in [0.2, 0.25) is 0 Å². The largest absolute Gasteiger partial charge is 0.447 e. The number of anilines is 1. The molecule has 1 aromatic heterocycles. The summed E-state index contributed by atoms with van der Waals surface area (Å²) in [5.74, 6) is -1.50. The molecule has 9 nitrogen and oxygen atoms in total. The van der Waals surface area contributed by atoms with Gasteiger partial charge in [-0.2, -0.15) is 0 Å². The van der Waals surface area contributed by atoms with Gasteiger partial charge in [0, 0.05) is 30.8 Å². The number of hydrogen-bond acceptors (Lipinski definition) is 6. The van der Waals surface area contributed by atoms with Crippen LogP contribution < -0.4 is 10.6 Å². The summed E-state index contributed by atoms with van der Waals surface area (Å²) < 4.78 is 37.6. The van der Waals surface area contributed by atoms with E-state index in [0.717, 1.165) is 11.6 Å². The van der Waals surface area contributed by atoms with Crippen LogP contribution in [0.2, 0.25) is 0 Å². The highest BCUT2D eigenvalue weighted by atomic mass is 19.2. The summed E-state index contributed by atoms with van der Waals surface area (Å²) in [5.41, 5.74) is 0.746. The Morgan fingerprint density at radius 1 is 1.20 bits per heavy atom. The predicted molar refractivity (Wildman–Crippen MR) is 123 cm³/mol. The number of halogens is 2. The Balaban J connectivity index is 1.54. The number of ether oxygens (including phenoxy) is 1. The summed E-state index contributed by atoms with van der Waals surface area (Å²) in [6, 6.07) is 12.9. The number of amides is 3. The molecule has 11 heteroatoms. The first-order valence-electron chi connectivity index (χ1n) is 10.6. The third-order valence-electron chi connectivity index (χ3n) is 5.08. The number of nitrogens with zero attached hydrogens (tertiary/aromatic N) is 2. The van der Waals surface area contributed by atoms with Crippen LogP contribution in [-0.2, 0) is 11.3 Å². The molecule has 1 heterocycles. The van der Waals surface area contributed by atoms with Crippen LogP contribution in [0.4, 0.5) is 24.2 Å². The van der Waals surface area contributed by atoms with E-state index in [1.54, 1.807) is 0 Å². The molecule has 0 aliphatic carbocycles. The Labute approximate surface area is 200 Å². The van der Waals surface area contributed by atoms with Crippen molar-refractivity contribution < 1.29 is 32.7 Å². The molecule has 3 N–H and O–H groups in total. The van der Waals surface area contributed by atoms with Crippen molar-refractivity contribution in [2.24, 2.45) is 0 Å². The SMILES string of the molecule is [CH2][C@@H](O)C[C@@H](COC(=O)Nc1cc(-c2ccccc2)on1)N(C)C(=O)NCc1cccc(F)c1F. The molecule has 2 aromatic carbocycles. The van der Waals surface area contributed by atoms with Crippen LogP contribution >= 0.6 is 0 Å². The number of rotatable bonds is 9. The number of aliphatic hydroxyl groups is 1. The van der Waals surface area contributed by atoms with Crippen LogP contribution in [0.15, 0.2) is 59.1 Å². The minimum Gasteiger partial charge on any atom is -0.447 e. The molecule has 0 unspecified atom stereocenters. The Morgan fingerprint density at radius 2 is 1.94 bits per heavy atom. The highest BCUT2D eigenvalue weighted by Crippen LogP contribution is 2.22. The monoisotopic (exact) mass is 487 g/mol. The van der Waals surface area contributed by atoms with Gasteiger partial charge in [0.1, 0.15) is 6.61 Å². The lowest BCUT2D eigenvalue weighted by Crippen LogP contribution is -2.47. The summed E-state index contributed by atoms with van der Waals surface area (Å²) in [4.78, 5) is 25.9. The molecule has 0 saturated heterocycles. The van der Waals surface area contributed by atoms with Gasteiger partial charge >= 0.3 is 12.1 Å². The fourth-order valence-electron chi connectivity index (χ4n) is 3.18. The topological polar surface area (TPSA) is 117 Å². The molecule has 3 aromatic rings. The Morgan fingerprint density at radius 3 is 2.66 bits per heavy atom. The van der Waals surface area contributed by atoms with Crippen molar-refractivity contribution >= 4 is 17.9 Å². The van der Waals surface area contributed by atoms with Crippen molar-refractivity contribution in [2.45, 2.75) is 25.1 Å². The van der Waals surface area contributed by atoms with Crippen LogP contribution in [0.1, 0.15) is 12.0 Å². The smallest absolute Gasteiger partial charge is 0.412 e. The molecular formula is C24H25F2N4O5. The zero-order valence-electron chi connectivity index (χ0n) is 18.9. The van der Waals surface area contributed by atoms with E-state index in [4.69, 9.17) is 9.26 Å². The molecule has 35 heavy (non-hydrogen) atoms. The molecule has 0 saturated carbocycles. The lowest BCUT2D eigenvalue weighted by atomic mass is 10.1. The molecule has 0 fully saturated rings. The summed E-state index contributed by atoms with van der Waals surface area (Å²) >= 11 is 0. The van der Waals surface area contributed by atoms with Crippen molar-refractivity contribution in [1.82, 2.24) is 15.4 Å². The van der Waals surface area contributed by atoms with E-state index in [9.17, 15) is 23.5 Å². The Hall–Kier alpha value is -3.99. The van der Waals surface area contributed by atoms with Gasteiger partial charge in [0.15, 0.2) is 23.2 Å². The first kappa shape index (κ1) is 25.6. The van der Waals surface area contributed by atoms with E-state index < -0.39 is 35.9 Å². The van der Waals surface area contributed by atoms with E-state index in [2.05, 4.69) is 22.7 Å². The summed E-state index contributed by atoms with van der Waals surface area (Å²) in [5, 5.41) is 18.4. The number of benzene rings is 2. The number of carbonyl (C=O) groups is 2. The number of carbonyl (C=O) groups excluding carboxylic acids is 2. The average molecular weight is 487 g/mol. The average Bonchev–Trinajstić information content (AvgIpc) is 3.30. The van der Waals surface area contributed by atoms with Crippen molar-refractivity contribution in [3.05, 3.63) is 78.7 Å². The number of aromatic nitrogens is 1. The maximum atomic E-state index is 13.8. The fourth-order valence-corrected chi connectivity index (χ4v) is 3.18. The second kappa shape index (κ2) is 11.9. The number of aliphatic hydroxyl groups excluding tert-OH is 1. The Kier molecular flexibility index (Phi) is 8.74. The number of nitrogens with one attached hydrogen (secondary N) is 2. The molecule has 0 aliphatic heterocycles. The molecule has 3 amide bonds. The molecule has 3 rings (SSSR count). The van der Waals surface area contributed by atoms with E-state index in [1.165, 1.54) is 30.1 Å². The highest BCUT2D eigenvalue weighted by molar-refractivity contribution is 5.84. The minimum atomic E-state index is -1.05. The lowest BCUT2D eigenvalue weighted by molar-refractivity contribution is 0.0912. The third kappa shape index (κ3) is 7.24. The van der Waals surface area contributed by atoms with Gasteiger partial charge in [-0.1, -0.05) is 47.6 Å². The van der Waals surface area contributed by atoms with E-state index in [0.29, 0.717) is 5.76 Å². The first-order chi connectivity index (χ1) is 16.7. The second-order valence-electron chi connectivity index (χ2n) is 7.69. The number of likely N-dealkylation sites (N-methyl/N-ethyl adjacent to an activating group) is 1. The van der Waals surface area contributed by atoms with E-state index in [-0.39, 0.29) is 31.0 Å². The van der Waals surface area contributed by atoms with Gasteiger partial charge in [0.05, 0.1) is 12.1 Å². The van der Waals surface area contributed by atoms with Gasteiger partial charge in [0.25, 0.3) is 0 Å². The van der Waals surface area contributed by atoms with Gasteiger partial charge < -0.3 is 24.6 Å². The number of urea groups is 1. The molecule has 0 spiro atoms. The van der Waals surface area contributed by atoms with Crippen LogP contribution in [0, 0.1) is 18.6 Å². The zero-order valence-corrected chi connectivity index (χ0v) is 18.9. The molecule has 0 bridgehead atoms. The van der Waals surface area contributed by atoms with Gasteiger partial charge in [-0.25, -0.2) is 18.4 Å². The standard InChI is InChI=1S/C24H25F2N4O5/c1-15(31)11-18(30(2)23(32)27-13-17-9-6-10-19(25)22(17)26)14-34-24(33)28-21-12-20(35-29-21)16-7-4-3-5-8-16/h3-10,12,15,18,31H,1,11,13-14H2,2H3,(H,27,32)(H,28,29,33)/t15-,18+/m1/s1. The normalized spacial score (nSPS) is 12.5. The van der Waals surface area contributed by atoms with Gasteiger partial charge in [-0.15, -0.1) is 0 Å². The summed E-state index contributed by atoms with van der Waals surface area (Å²) in [6.45, 7) is 2.95. The lowest BCUT2D eigenvalue weighted by Gasteiger charge is -2.29. The fraction of sp³-hybridized carbons (Fsp3) is 0.250. The molecule has 1 radical (unpaired) electrons. The van der Waals surface area contributed by atoms with Crippen LogP contribution in [0.25, 0.3) is 11.3 Å². The highest BCUT2D eigenvalue weighted by Gasteiger charge is 2.24. The molecule has 185 valence electrons. The van der Waals surface area contributed by atoms with Crippen LogP contribution in [0.3, 0.4) is 0 Å². The predicted octanol–water partition coefficient (Wildman–Crippen LogP) is 3.96. The van der Waals surface area contributed by atoms with Gasteiger partial charge in [-0.3, -0.25) is 5.32 Å². The molecule has 0 aliphatic rings. The van der Waals surface area contributed by atoms with Crippen molar-refractivity contribution in [1.29, 1.82) is 0 Å². The zero-order chi connectivity index (χ0) is 25.4. The number of hydrogen-bond donors (Lipinski definition) is 3. The van der Waals surface area contributed by atoms with Crippen LogP contribution in [-0.4, -0.2) is 53.1 Å². The van der Waals surface area contributed by atoms with Crippen molar-refractivity contribution in [3.63, 3.8) is 0 Å². The van der Waals surface area contributed by atoms with Crippen molar-refractivity contribution in [3.8, 4) is 11.3 Å². The van der Waals surface area contributed by atoms with E-state index >= 15 is 0 Å². The molecule has 2 atom stereocenters. The van der Waals surface area contributed by atoms with E-state index in [1.807, 2.05) is 30.3 Å².